The number of benzene rings is 1. The van der Waals surface area contributed by atoms with E-state index in [9.17, 15) is 4.79 Å². The van der Waals surface area contributed by atoms with Gasteiger partial charge in [0.25, 0.3) is 5.91 Å². The molecule has 2 fully saturated rings. The maximum atomic E-state index is 13.4. The summed E-state index contributed by atoms with van der Waals surface area (Å²) < 4.78 is 0. The Bertz CT molecular complexity index is 1060. The molecule has 1 aromatic carbocycles. The molecule has 1 amide bonds. The van der Waals surface area contributed by atoms with E-state index in [1.54, 1.807) is 29.7 Å². The van der Waals surface area contributed by atoms with Gasteiger partial charge in [0.15, 0.2) is 0 Å². The predicted octanol–water partition coefficient (Wildman–Crippen LogP) is 5.42. The van der Waals surface area contributed by atoms with Crippen molar-refractivity contribution in [2.75, 3.05) is 6.54 Å². The maximum Gasteiger partial charge on any atom is 0.254 e. The minimum Gasteiger partial charge on any atom is -0.347 e. The number of aromatic nitrogens is 4. The highest BCUT2D eigenvalue weighted by molar-refractivity contribution is 5.94. The molecule has 39 heavy (non-hydrogen) atoms. The third kappa shape index (κ3) is 7.57. The molecule has 2 aliphatic carbocycles. The average Bonchev–Trinajstić information content (AvgIpc) is 3.70. The van der Waals surface area contributed by atoms with Gasteiger partial charge < -0.3 is 20.2 Å². The Morgan fingerprint density at radius 2 is 1.49 bits per heavy atom. The molecule has 0 bridgehead atoms. The number of aromatic amines is 2. The van der Waals surface area contributed by atoms with Gasteiger partial charge in [0.2, 0.25) is 0 Å². The first kappa shape index (κ1) is 27.6. The van der Waals surface area contributed by atoms with Gasteiger partial charge in [-0.1, -0.05) is 38.3 Å². The Hall–Kier alpha value is -2.97. The second-order valence-corrected chi connectivity index (χ2v) is 11.3. The largest absolute Gasteiger partial charge is 0.347 e. The van der Waals surface area contributed by atoms with Crippen LogP contribution in [0.4, 0.5) is 0 Å². The zero-order valence-corrected chi connectivity index (χ0v) is 23.4. The molecule has 210 valence electrons. The molecule has 8 heteroatoms. The lowest BCUT2D eigenvalue weighted by Crippen LogP contribution is -2.48. The Balaban J connectivity index is 1.12. The third-order valence-electron chi connectivity index (χ3n) is 8.57. The van der Waals surface area contributed by atoms with E-state index in [-0.39, 0.29) is 5.91 Å². The molecule has 3 N–H and O–H groups in total. The summed E-state index contributed by atoms with van der Waals surface area (Å²) in [5.74, 6) is 1.47. The predicted molar refractivity (Wildman–Crippen MR) is 154 cm³/mol. The second kappa shape index (κ2) is 13.9. The van der Waals surface area contributed by atoms with Crippen LogP contribution in [0.2, 0.25) is 0 Å². The lowest BCUT2D eigenvalue weighted by Gasteiger charge is -2.43. The minimum absolute atomic E-state index is 0.0322. The van der Waals surface area contributed by atoms with Gasteiger partial charge >= 0.3 is 0 Å². The normalized spacial score (nSPS) is 20.4. The first-order chi connectivity index (χ1) is 19.2. The number of nitrogens with zero attached hydrogens (tertiary/aromatic N) is 4. The van der Waals surface area contributed by atoms with E-state index in [4.69, 9.17) is 0 Å². The van der Waals surface area contributed by atoms with Crippen LogP contribution in [0.5, 0.6) is 0 Å². The van der Waals surface area contributed by atoms with Crippen LogP contribution in [0.3, 0.4) is 0 Å². The highest BCUT2D eigenvalue weighted by Crippen LogP contribution is 2.30. The molecule has 3 aromatic rings. The van der Waals surface area contributed by atoms with Crippen LogP contribution in [-0.2, 0) is 19.6 Å². The Labute approximate surface area is 233 Å². The van der Waals surface area contributed by atoms with Gasteiger partial charge in [0.05, 0.1) is 13.1 Å². The second-order valence-electron chi connectivity index (χ2n) is 11.3. The lowest BCUT2D eigenvalue weighted by molar-refractivity contribution is 0.0721. The Kier molecular flexibility index (Phi) is 9.83. The summed E-state index contributed by atoms with van der Waals surface area (Å²) in [7, 11) is 0. The van der Waals surface area contributed by atoms with E-state index in [0.29, 0.717) is 24.7 Å². The summed E-state index contributed by atoms with van der Waals surface area (Å²) in [6.07, 6.45) is 20.4. The fraction of sp³-hybridized carbons (Fsp3) is 0.581. The molecule has 2 heterocycles. The summed E-state index contributed by atoms with van der Waals surface area (Å²) in [5, 5.41) is 3.80. The quantitative estimate of drug-likeness (QED) is 0.290. The standard InChI is InChI=1S/C31H45N7O/c1-2-20-38(27-6-4-3-5-7-27)28-14-12-26(13-15-28)36-21-24-8-10-25(11-9-24)31(39)37(22-29-32-16-17-33-29)23-30-34-18-19-35-30/h8-11,16-19,26-28,36H,2-7,12-15,20-23H2,1H3,(H,32,33)(H,34,35). The van der Waals surface area contributed by atoms with Crippen molar-refractivity contribution < 1.29 is 4.79 Å². The van der Waals surface area contributed by atoms with Crippen molar-refractivity contribution in [2.24, 2.45) is 0 Å². The molecule has 2 aliphatic rings. The summed E-state index contributed by atoms with van der Waals surface area (Å²) in [6.45, 7) is 5.23. The lowest BCUT2D eigenvalue weighted by atomic mass is 9.86. The zero-order valence-electron chi connectivity index (χ0n) is 23.4. The molecule has 5 rings (SSSR count). The molecule has 0 saturated heterocycles. The van der Waals surface area contributed by atoms with Crippen LogP contribution in [0, 0.1) is 0 Å². The molecule has 0 aliphatic heterocycles. The number of hydrogen-bond donors (Lipinski definition) is 3. The molecule has 0 unspecified atom stereocenters. The van der Waals surface area contributed by atoms with Gasteiger partial charge in [0.1, 0.15) is 11.6 Å². The minimum atomic E-state index is -0.0322. The van der Waals surface area contributed by atoms with Crippen LogP contribution in [0.1, 0.15) is 98.7 Å². The van der Waals surface area contributed by atoms with Crippen LogP contribution < -0.4 is 5.32 Å². The molecule has 0 radical (unpaired) electrons. The van der Waals surface area contributed by atoms with Crippen LogP contribution in [0.25, 0.3) is 0 Å². The summed E-state index contributed by atoms with van der Waals surface area (Å²) in [5.41, 5.74) is 1.89. The van der Waals surface area contributed by atoms with Crippen LogP contribution in [0.15, 0.2) is 49.1 Å². The molecular formula is C31H45N7O. The van der Waals surface area contributed by atoms with Gasteiger partial charge in [-0.15, -0.1) is 0 Å². The monoisotopic (exact) mass is 531 g/mol. The van der Waals surface area contributed by atoms with Crippen LogP contribution in [-0.4, -0.2) is 60.3 Å². The van der Waals surface area contributed by atoms with E-state index in [1.165, 1.54) is 76.3 Å². The SMILES string of the molecule is CCCN(C1CCCCC1)C1CCC(NCc2ccc(C(=O)N(Cc3ncc[nH]3)Cc3ncc[nH]3)cc2)CC1. The van der Waals surface area contributed by atoms with Crippen molar-refractivity contribution in [2.45, 2.75) is 109 Å². The number of H-pyrrole nitrogens is 2. The number of amides is 1. The van der Waals surface area contributed by atoms with Crippen molar-refractivity contribution >= 4 is 5.91 Å². The fourth-order valence-electron chi connectivity index (χ4n) is 6.49. The topological polar surface area (TPSA) is 92.9 Å². The van der Waals surface area contributed by atoms with Gasteiger partial charge in [0, 0.05) is 55.0 Å². The highest BCUT2D eigenvalue weighted by atomic mass is 16.2. The zero-order chi connectivity index (χ0) is 26.9. The maximum absolute atomic E-state index is 13.4. The Morgan fingerprint density at radius 1 is 0.872 bits per heavy atom. The molecule has 8 nitrogen and oxygen atoms in total. The number of carbonyl (C=O) groups is 1. The molecular weight excluding hydrogens is 486 g/mol. The average molecular weight is 532 g/mol. The van der Waals surface area contributed by atoms with E-state index >= 15 is 0 Å². The van der Waals surface area contributed by atoms with Gasteiger partial charge in [-0.2, -0.15) is 0 Å². The highest BCUT2D eigenvalue weighted by Gasteiger charge is 2.30. The summed E-state index contributed by atoms with van der Waals surface area (Å²) >= 11 is 0. The van der Waals surface area contributed by atoms with Crippen molar-refractivity contribution in [1.82, 2.24) is 35.1 Å². The van der Waals surface area contributed by atoms with E-state index < -0.39 is 0 Å². The third-order valence-corrected chi connectivity index (χ3v) is 8.57. The van der Waals surface area contributed by atoms with Gasteiger partial charge in [-0.25, -0.2) is 9.97 Å². The van der Waals surface area contributed by atoms with Crippen molar-refractivity contribution in [1.29, 1.82) is 0 Å². The number of hydrogen-bond acceptors (Lipinski definition) is 5. The molecule has 2 aromatic heterocycles. The van der Waals surface area contributed by atoms with Crippen molar-refractivity contribution in [3.05, 3.63) is 71.8 Å². The molecule has 0 spiro atoms. The smallest absolute Gasteiger partial charge is 0.254 e. The van der Waals surface area contributed by atoms with E-state index in [2.05, 4.69) is 49.2 Å². The summed E-state index contributed by atoms with van der Waals surface area (Å²) in [6, 6.07) is 10.2. The van der Waals surface area contributed by atoms with E-state index in [1.807, 2.05) is 12.1 Å². The first-order valence-electron chi connectivity index (χ1n) is 15.0. The number of imidazole rings is 2. The van der Waals surface area contributed by atoms with Crippen LogP contribution >= 0.6 is 0 Å². The van der Waals surface area contributed by atoms with Gasteiger partial charge in [-0.05, 0) is 69.2 Å². The van der Waals surface area contributed by atoms with Gasteiger partial charge in [-0.3, -0.25) is 9.69 Å². The fourth-order valence-corrected chi connectivity index (χ4v) is 6.49. The van der Waals surface area contributed by atoms with Crippen molar-refractivity contribution in [3.63, 3.8) is 0 Å². The number of carbonyl (C=O) groups excluding carboxylic acids is 1. The van der Waals surface area contributed by atoms with Crippen molar-refractivity contribution in [3.8, 4) is 0 Å². The number of nitrogens with one attached hydrogen (secondary N) is 3. The molecule has 2 saturated carbocycles. The first-order valence-corrected chi connectivity index (χ1v) is 15.0. The summed E-state index contributed by atoms with van der Waals surface area (Å²) in [4.78, 5) is 32.8. The number of rotatable bonds is 12. The molecule has 0 atom stereocenters. The van der Waals surface area contributed by atoms with E-state index in [0.717, 1.165) is 30.3 Å². The Morgan fingerprint density at radius 3 is 2.05 bits per heavy atom.